The molecule has 0 aliphatic heterocycles. The molecule has 0 bridgehead atoms. The van der Waals surface area contributed by atoms with Crippen molar-refractivity contribution in [3.05, 3.63) is 56.6 Å². The Bertz CT molecular complexity index is 784. The number of aromatic nitrogens is 2. The Hall–Kier alpha value is -1.85. The first-order valence-electron chi connectivity index (χ1n) is 5.95. The van der Waals surface area contributed by atoms with Crippen LogP contribution in [-0.2, 0) is 14.1 Å². The predicted molar refractivity (Wildman–Crippen MR) is 76.5 cm³/mol. The van der Waals surface area contributed by atoms with Crippen LogP contribution in [0.4, 0.5) is 0 Å². The molecule has 0 aliphatic rings. The molecule has 0 aliphatic carbocycles. The number of benzene rings is 1. The van der Waals surface area contributed by atoms with Crippen LogP contribution >= 0.6 is 11.3 Å². The fourth-order valence-electron chi connectivity index (χ4n) is 2.32. The molecule has 4 nitrogen and oxygen atoms in total. The Morgan fingerprint density at radius 3 is 2.53 bits per heavy atom. The van der Waals surface area contributed by atoms with Crippen molar-refractivity contribution in [1.29, 1.82) is 0 Å². The van der Waals surface area contributed by atoms with Crippen molar-refractivity contribution in [3.63, 3.8) is 0 Å². The summed E-state index contributed by atoms with van der Waals surface area (Å²) in [4.78, 5) is 11.9. The fourth-order valence-corrected chi connectivity index (χ4v) is 3.00. The van der Waals surface area contributed by atoms with Crippen LogP contribution in [0.25, 0.3) is 11.0 Å². The fraction of sp³-hybridized carbons (Fsp3) is 0.214. The molecule has 0 saturated carbocycles. The highest BCUT2D eigenvalue weighted by Crippen LogP contribution is 2.26. The molecule has 3 rings (SSSR count). The van der Waals surface area contributed by atoms with E-state index in [1.807, 2.05) is 35.0 Å². The largest absolute Gasteiger partial charge is 0.384 e. The zero-order chi connectivity index (χ0) is 13.6. The van der Waals surface area contributed by atoms with Crippen LogP contribution in [-0.4, -0.2) is 14.2 Å². The summed E-state index contributed by atoms with van der Waals surface area (Å²) in [6, 6.07) is 7.52. The normalized spacial score (nSPS) is 13.0. The first kappa shape index (κ1) is 12.2. The summed E-state index contributed by atoms with van der Waals surface area (Å²) < 4.78 is 3.20. The minimum absolute atomic E-state index is 0.0582. The quantitative estimate of drug-likeness (QED) is 0.777. The average molecular weight is 274 g/mol. The van der Waals surface area contributed by atoms with Crippen LogP contribution in [0.2, 0.25) is 0 Å². The molecule has 0 amide bonds. The van der Waals surface area contributed by atoms with E-state index in [-0.39, 0.29) is 5.69 Å². The Morgan fingerprint density at radius 2 is 1.84 bits per heavy atom. The van der Waals surface area contributed by atoms with E-state index >= 15 is 0 Å². The van der Waals surface area contributed by atoms with Gasteiger partial charge in [-0.25, -0.2) is 4.79 Å². The molecular weight excluding hydrogens is 260 g/mol. The third kappa shape index (κ3) is 1.82. The number of aryl methyl sites for hydroxylation is 2. The van der Waals surface area contributed by atoms with Gasteiger partial charge < -0.3 is 5.11 Å². The molecule has 19 heavy (non-hydrogen) atoms. The van der Waals surface area contributed by atoms with Crippen LogP contribution < -0.4 is 5.69 Å². The highest BCUT2D eigenvalue weighted by atomic mass is 32.1. The van der Waals surface area contributed by atoms with Gasteiger partial charge in [0.15, 0.2) is 0 Å². The van der Waals surface area contributed by atoms with Crippen LogP contribution in [0.3, 0.4) is 0 Å². The molecule has 0 fully saturated rings. The second-order valence-corrected chi connectivity index (χ2v) is 5.39. The summed E-state index contributed by atoms with van der Waals surface area (Å²) in [6.07, 6.45) is -0.647. The molecule has 1 N–H and O–H groups in total. The van der Waals surface area contributed by atoms with Gasteiger partial charge in [0, 0.05) is 14.1 Å². The van der Waals surface area contributed by atoms with Crippen molar-refractivity contribution in [2.45, 2.75) is 6.10 Å². The lowest BCUT2D eigenvalue weighted by molar-refractivity contribution is 0.221. The van der Waals surface area contributed by atoms with E-state index in [1.165, 1.54) is 0 Å². The number of aliphatic hydroxyl groups is 1. The number of nitrogens with zero attached hydrogens (tertiary/aromatic N) is 2. The molecule has 5 heteroatoms. The van der Waals surface area contributed by atoms with E-state index in [4.69, 9.17) is 0 Å². The van der Waals surface area contributed by atoms with Crippen LogP contribution in [0.1, 0.15) is 17.2 Å². The smallest absolute Gasteiger partial charge is 0.328 e. The number of imidazole rings is 1. The topological polar surface area (TPSA) is 47.2 Å². The third-order valence-corrected chi connectivity index (χ3v) is 4.17. The third-order valence-electron chi connectivity index (χ3n) is 3.47. The van der Waals surface area contributed by atoms with E-state index in [9.17, 15) is 9.90 Å². The molecule has 0 radical (unpaired) electrons. The van der Waals surface area contributed by atoms with E-state index in [2.05, 4.69) is 0 Å². The van der Waals surface area contributed by atoms with Crippen LogP contribution in [0.15, 0.2) is 39.8 Å². The molecule has 2 heterocycles. The number of hydrogen-bond donors (Lipinski definition) is 1. The van der Waals surface area contributed by atoms with E-state index in [0.29, 0.717) is 0 Å². The lowest BCUT2D eigenvalue weighted by Gasteiger charge is -2.09. The number of thiophene rings is 1. The molecule has 2 aromatic heterocycles. The maximum Gasteiger partial charge on any atom is 0.328 e. The van der Waals surface area contributed by atoms with Gasteiger partial charge in [-0.05, 0) is 40.1 Å². The maximum absolute atomic E-state index is 11.9. The van der Waals surface area contributed by atoms with Gasteiger partial charge in [-0.2, -0.15) is 11.3 Å². The summed E-state index contributed by atoms with van der Waals surface area (Å²) in [5.74, 6) is 0. The van der Waals surface area contributed by atoms with Crippen molar-refractivity contribution in [2.24, 2.45) is 14.1 Å². The van der Waals surface area contributed by atoms with Crippen LogP contribution in [0, 0.1) is 0 Å². The molecule has 98 valence electrons. The molecule has 1 atom stereocenters. The van der Waals surface area contributed by atoms with Gasteiger partial charge in [0.25, 0.3) is 0 Å². The van der Waals surface area contributed by atoms with E-state index in [0.717, 1.165) is 22.2 Å². The SMILES string of the molecule is Cn1c(=O)n(C)c2cc(C(O)c3ccsc3)ccc21. The van der Waals surface area contributed by atoms with Gasteiger partial charge in [-0.15, -0.1) is 0 Å². The van der Waals surface area contributed by atoms with E-state index < -0.39 is 6.10 Å². The summed E-state index contributed by atoms with van der Waals surface area (Å²) >= 11 is 1.56. The zero-order valence-electron chi connectivity index (χ0n) is 10.7. The Morgan fingerprint density at radius 1 is 1.11 bits per heavy atom. The van der Waals surface area contributed by atoms with Crippen molar-refractivity contribution in [3.8, 4) is 0 Å². The molecule has 1 aromatic carbocycles. The lowest BCUT2D eigenvalue weighted by Crippen LogP contribution is -2.19. The highest BCUT2D eigenvalue weighted by Gasteiger charge is 2.14. The summed E-state index contributed by atoms with van der Waals surface area (Å²) in [5, 5.41) is 14.2. The van der Waals surface area contributed by atoms with Crippen molar-refractivity contribution < 1.29 is 5.11 Å². The Balaban J connectivity index is 2.17. The molecule has 0 spiro atoms. The second kappa shape index (κ2) is 4.36. The predicted octanol–water partition coefficient (Wildman–Crippen LogP) is 2.02. The summed E-state index contributed by atoms with van der Waals surface area (Å²) in [5.41, 5.74) is 3.32. The standard InChI is InChI=1S/C14H14N2O2S/c1-15-11-4-3-9(7-12(11)16(2)14(15)18)13(17)10-5-6-19-8-10/h3-8,13,17H,1-2H3. The number of aliphatic hydroxyl groups excluding tert-OH is 1. The maximum atomic E-state index is 11.9. The molecular formula is C14H14N2O2S. The minimum Gasteiger partial charge on any atom is -0.384 e. The molecule has 0 saturated heterocycles. The van der Waals surface area contributed by atoms with Gasteiger partial charge in [0.05, 0.1) is 11.0 Å². The number of rotatable bonds is 2. The first-order chi connectivity index (χ1) is 9.09. The van der Waals surface area contributed by atoms with E-state index in [1.54, 1.807) is 34.6 Å². The summed E-state index contributed by atoms with van der Waals surface area (Å²) in [7, 11) is 3.49. The van der Waals surface area contributed by atoms with Gasteiger partial charge in [0.1, 0.15) is 6.10 Å². The van der Waals surface area contributed by atoms with Gasteiger partial charge in [-0.3, -0.25) is 9.13 Å². The Labute approximate surface area is 114 Å². The molecule has 3 aromatic rings. The van der Waals surface area contributed by atoms with Crippen molar-refractivity contribution >= 4 is 22.4 Å². The minimum atomic E-state index is -0.647. The lowest BCUT2D eigenvalue weighted by atomic mass is 10.0. The van der Waals surface area contributed by atoms with Gasteiger partial charge in [-0.1, -0.05) is 6.07 Å². The van der Waals surface area contributed by atoms with Gasteiger partial charge in [0.2, 0.25) is 0 Å². The van der Waals surface area contributed by atoms with Crippen molar-refractivity contribution in [2.75, 3.05) is 0 Å². The first-order valence-corrected chi connectivity index (χ1v) is 6.89. The summed E-state index contributed by atoms with van der Waals surface area (Å²) in [6.45, 7) is 0. The Kier molecular flexibility index (Phi) is 2.80. The number of hydrogen-bond acceptors (Lipinski definition) is 3. The number of fused-ring (bicyclic) bond motifs is 1. The highest BCUT2D eigenvalue weighted by molar-refractivity contribution is 7.07. The van der Waals surface area contributed by atoms with Gasteiger partial charge >= 0.3 is 5.69 Å². The monoisotopic (exact) mass is 274 g/mol. The zero-order valence-corrected chi connectivity index (χ0v) is 11.5. The van der Waals surface area contributed by atoms with Crippen molar-refractivity contribution in [1.82, 2.24) is 9.13 Å². The second-order valence-electron chi connectivity index (χ2n) is 4.61. The average Bonchev–Trinajstić information content (AvgIpc) is 3.03. The van der Waals surface area contributed by atoms with Crippen LogP contribution in [0.5, 0.6) is 0 Å². The molecule has 1 unspecified atom stereocenters.